The van der Waals surface area contributed by atoms with Crippen LogP contribution >= 0.6 is 0 Å². The predicted octanol–water partition coefficient (Wildman–Crippen LogP) is 2.25. The molecule has 0 bridgehead atoms. The van der Waals surface area contributed by atoms with E-state index in [1.165, 1.54) is 6.07 Å². The highest BCUT2D eigenvalue weighted by Crippen LogP contribution is 2.12. The van der Waals surface area contributed by atoms with Gasteiger partial charge < -0.3 is 5.32 Å². The lowest BCUT2D eigenvalue weighted by atomic mass is 10.2. The summed E-state index contributed by atoms with van der Waals surface area (Å²) in [5.41, 5.74) is 1.67. The molecule has 5 nitrogen and oxygen atoms in total. The van der Waals surface area contributed by atoms with Gasteiger partial charge in [-0.1, -0.05) is 6.07 Å². The van der Waals surface area contributed by atoms with Crippen LogP contribution in [0.3, 0.4) is 0 Å². The number of aryl methyl sites for hydroxylation is 1. The highest BCUT2D eigenvalue weighted by molar-refractivity contribution is 5.94. The monoisotopic (exact) mass is 302 g/mol. The second kappa shape index (κ2) is 5.51. The summed E-state index contributed by atoms with van der Waals surface area (Å²) >= 11 is 0. The first-order chi connectivity index (χ1) is 10.6. The molecule has 1 amide bonds. The number of amides is 1. The van der Waals surface area contributed by atoms with Crippen LogP contribution in [0.2, 0.25) is 0 Å². The molecule has 0 aliphatic rings. The molecule has 1 N–H and O–H groups in total. The van der Waals surface area contributed by atoms with Gasteiger partial charge in [-0.15, -0.1) is 0 Å². The molecule has 3 rings (SSSR count). The van der Waals surface area contributed by atoms with Gasteiger partial charge in [0.15, 0.2) is 5.65 Å². The van der Waals surface area contributed by atoms with E-state index in [0.717, 1.165) is 12.1 Å². The molecule has 2 heterocycles. The number of hydrogen-bond donors (Lipinski definition) is 1. The van der Waals surface area contributed by atoms with Crippen LogP contribution in [-0.2, 0) is 6.54 Å². The van der Waals surface area contributed by atoms with Crippen LogP contribution in [0, 0.1) is 18.6 Å². The molecule has 0 saturated carbocycles. The Balaban J connectivity index is 1.83. The van der Waals surface area contributed by atoms with E-state index in [0.29, 0.717) is 17.0 Å². The molecule has 1 aromatic carbocycles. The second-order valence-electron chi connectivity index (χ2n) is 4.77. The van der Waals surface area contributed by atoms with Crippen LogP contribution in [0.4, 0.5) is 8.78 Å². The highest BCUT2D eigenvalue weighted by atomic mass is 19.1. The van der Waals surface area contributed by atoms with Gasteiger partial charge in [0.05, 0.1) is 11.9 Å². The van der Waals surface area contributed by atoms with Gasteiger partial charge in [0.2, 0.25) is 0 Å². The summed E-state index contributed by atoms with van der Waals surface area (Å²) in [7, 11) is 0. The minimum absolute atomic E-state index is 0.0390. The normalized spacial score (nSPS) is 10.9. The van der Waals surface area contributed by atoms with Crippen molar-refractivity contribution < 1.29 is 13.6 Å². The van der Waals surface area contributed by atoms with Gasteiger partial charge in [-0.2, -0.15) is 0 Å². The van der Waals surface area contributed by atoms with E-state index in [9.17, 15) is 13.6 Å². The molecular formula is C15H12F2N4O. The van der Waals surface area contributed by atoms with Crippen molar-refractivity contribution in [2.75, 3.05) is 0 Å². The molecule has 7 heteroatoms. The summed E-state index contributed by atoms with van der Waals surface area (Å²) in [4.78, 5) is 20.5. The van der Waals surface area contributed by atoms with E-state index < -0.39 is 11.6 Å². The van der Waals surface area contributed by atoms with Crippen LogP contribution in [0.25, 0.3) is 5.65 Å². The van der Waals surface area contributed by atoms with E-state index in [-0.39, 0.29) is 18.0 Å². The smallest absolute Gasteiger partial charge is 0.270 e. The van der Waals surface area contributed by atoms with E-state index in [1.807, 2.05) is 0 Å². The summed E-state index contributed by atoms with van der Waals surface area (Å²) < 4.78 is 28.0. The first-order valence-corrected chi connectivity index (χ1v) is 6.57. The highest BCUT2D eigenvalue weighted by Gasteiger charge is 2.16. The fraction of sp³-hybridized carbons (Fsp3) is 0.133. The lowest BCUT2D eigenvalue weighted by Gasteiger charge is -2.07. The maximum absolute atomic E-state index is 13.6. The zero-order chi connectivity index (χ0) is 15.7. The molecule has 0 unspecified atom stereocenters. The third-order valence-electron chi connectivity index (χ3n) is 3.27. The van der Waals surface area contributed by atoms with Crippen molar-refractivity contribution in [3.63, 3.8) is 0 Å². The van der Waals surface area contributed by atoms with Gasteiger partial charge in [0.1, 0.15) is 17.3 Å². The lowest BCUT2D eigenvalue weighted by Crippen LogP contribution is -2.25. The molecule has 0 saturated heterocycles. The van der Waals surface area contributed by atoms with Crippen molar-refractivity contribution in [1.29, 1.82) is 0 Å². The summed E-state index contributed by atoms with van der Waals surface area (Å²) in [5, 5.41) is 2.61. The third kappa shape index (κ3) is 2.52. The number of carbonyl (C=O) groups is 1. The molecule has 0 aliphatic heterocycles. The quantitative estimate of drug-likeness (QED) is 0.807. The van der Waals surface area contributed by atoms with Crippen LogP contribution in [-0.4, -0.2) is 20.3 Å². The average molecular weight is 302 g/mol. The fourth-order valence-electron chi connectivity index (χ4n) is 2.22. The Hall–Kier alpha value is -2.83. The molecular weight excluding hydrogens is 290 g/mol. The number of fused-ring (bicyclic) bond motifs is 1. The van der Waals surface area contributed by atoms with Crippen molar-refractivity contribution in [2.45, 2.75) is 13.5 Å². The maximum atomic E-state index is 13.6. The van der Waals surface area contributed by atoms with Crippen molar-refractivity contribution in [3.05, 3.63) is 65.4 Å². The first kappa shape index (κ1) is 14.1. The van der Waals surface area contributed by atoms with Crippen molar-refractivity contribution in [3.8, 4) is 0 Å². The number of hydrogen-bond acceptors (Lipinski definition) is 3. The SMILES string of the molecule is Cc1nc2cnccn2c1C(=O)NCc1ccc(F)cc1F. The van der Waals surface area contributed by atoms with Gasteiger partial charge in [-0.3, -0.25) is 14.2 Å². The van der Waals surface area contributed by atoms with Crippen LogP contribution in [0.5, 0.6) is 0 Å². The number of carbonyl (C=O) groups excluding carboxylic acids is 1. The summed E-state index contributed by atoms with van der Waals surface area (Å²) in [6.45, 7) is 1.67. The van der Waals surface area contributed by atoms with Gasteiger partial charge in [-0.05, 0) is 13.0 Å². The Morgan fingerprint density at radius 2 is 2.18 bits per heavy atom. The first-order valence-electron chi connectivity index (χ1n) is 6.57. The number of benzene rings is 1. The standard InChI is InChI=1S/C15H12F2N4O/c1-9-14(21-5-4-18-8-13(21)20-9)15(22)19-7-10-2-3-11(16)6-12(10)17/h2-6,8H,7H2,1H3,(H,19,22). The predicted molar refractivity (Wildman–Crippen MR) is 75.3 cm³/mol. The van der Waals surface area contributed by atoms with Crippen molar-refractivity contribution in [2.24, 2.45) is 0 Å². The number of imidazole rings is 1. The number of nitrogens with one attached hydrogen (secondary N) is 1. The van der Waals surface area contributed by atoms with Crippen LogP contribution < -0.4 is 5.32 Å². The third-order valence-corrected chi connectivity index (χ3v) is 3.27. The molecule has 2 aromatic heterocycles. The molecule has 0 fully saturated rings. The largest absolute Gasteiger partial charge is 0.347 e. The Labute approximate surface area is 124 Å². The van der Waals surface area contributed by atoms with Crippen LogP contribution in [0.15, 0.2) is 36.8 Å². The molecule has 3 aromatic rings. The van der Waals surface area contributed by atoms with E-state index in [2.05, 4.69) is 15.3 Å². The van der Waals surface area contributed by atoms with E-state index in [1.54, 1.807) is 29.9 Å². The Morgan fingerprint density at radius 3 is 2.95 bits per heavy atom. The second-order valence-corrected chi connectivity index (χ2v) is 4.77. The molecule has 112 valence electrons. The minimum Gasteiger partial charge on any atom is -0.347 e. The molecule has 22 heavy (non-hydrogen) atoms. The topological polar surface area (TPSA) is 59.3 Å². The number of rotatable bonds is 3. The molecule has 0 spiro atoms. The number of aromatic nitrogens is 3. The maximum Gasteiger partial charge on any atom is 0.270 e. The van der Waals surface area contributed by atoms with E-state index >= 15 is 0 Å². The Kier molecular flexibility index (Phi) is 3.54. The summed E-state index contributed by atoms with van der Waals surface area (Å²) in [5.74, 6) is -1.74. The fourth-order valence-corrected chi connectivity index (χ4v) is 2.22. The molecule has 0 radical (unpaired) electrons. The average Bonchev–Trinajstić information content (AvgIpc) is 2.82. The van der Waals surface area contributed by atoms with E-state index in [4.69, 9.17) is 0 Å². The van der Waals surface area contributed by atoms with Crippen LogP contribution in [0.1, 0.15) is 21.7 Å². The van der Waals surface area contributed by atoms with Crippen molar-refractivity contribution in [1.82, 2.24) is 19.7 Å². The number of nitrogens with zero attached hydrogens (tertiary/aromatic N) is 3. The van der Waals surface area contributed by atoms with Gasteiger partial charge in [-0.25, -0.2) is 13.8 Å². The number of halogens is 2. The zero-order valence-electron chi connectivity index (χ0n) is 11.7. The lowest BCUT2D eigenvalue weighted by molar-refractivity contribution is 0.0944. The Morgan fingerprint density at radius 1 is 1.36 bits per heavy atom. The van der Waals surface area contributed by atoms with Crippen molar-refractivity contribution >= 4 is 11.6 Å². The molecule has 0 atom stereocenters. The van der Waals surface area contributed by atoms with Gasteiger partial charge >= 0.3 is 0 Å². The summed E-state index contributed by atoms with van der Waals surface area (Å²) in [6, 6.07) is 3.23. The molecule has 0 aliphatic carbocycles. The minimum atomic E-state index is -0.695. The Bertz CT molecular complexity index is 860. The summed E-state index contributed by atoms with van der Waals surface area (Å²) in [6.07, 6.45) is 4.72. The zero-order valence-corrected chi connectivity index (χ0v) is 11.7. The van der Waals surface area contributed by atoms with Gasteiger partial charge in [0, 0.05) is 30.6 Å². The van der Waals surface area contributed by atoms with Gasteiger partial charge in [0.25, 0.3) is 5.91 Å².